The Balaban J connectivity index is 1.53. The molecule has 0 aromatic carbocycles. The first-order valence-electron chi connectivity index (χ1n) is 12.7. The fourth-order valence-corrected chi connectivity index (χ4v) is 8.75. The fraction of sp³-hybridized carbons (Fsp3) is 0.926. The molecule has 0 aromatic heterocycles. The van der Waals surface area contributed by atoms with E-state index in [9.17, 15) is 10.2 Å². The Morgan fingerprint density at radius 1 is 1.03 bits per heavy atom. The predicted molar refractivity (Wildman–Crippen MR) is 120 cm³/mol. The molecule has 0 aromatic rings. The summed E-state index contributed by atoms with van der Waals surface area (Å²) in [6.45, 7) is 12.1. The number of hydrogen-bond donors (Lipinski definition) is 2. The summed E-state index contributed by atoms with van der Waals surface area (Å²) in [6.07, 6.45) is 14.0. The number of allylic oxidation sites excluding steroid dienone is 1. The lowest BCUT2D eigenvalue weighted by molar-refractivity contribution is -0.0620. The average Bonchev–Trinajstić information content (AvgIpc) is 2.92. The molecular weight excluding hydrogens is 356 g/mol. The van der Waals surface area contributed by atoms with Gasteiger partial charge in [0.2, 0.25) is 0 Å². The van der Waals surface area contributed by atoms with Crippen LogP contribution in [0.5, 0.6) is 0 Å². The second kappa shape index (κ2) is 7.97. The van der Waals surface area contributed by atoms with E-state index in [4.69, 9.17) is 0 Å². The molecule has 4 rings (SSSR count). The smallest absolute Gasteiger partial charge is 0.0579 e. The topological polar surface area (TPSA) is 40.5 Å². The highest BCUT2D eigenvalue weighted by Crippen LogP contribution is 2.67. The summed E-state index contributed by atoms with van der Waals surface area (Å²) in [5.41, 5.74) is 2.17. The Labute approximate surface area is 179 Å². The van der Waals surface area contributed by atoms with E-state index in [1.54, 1.807) is 5.57 Å². The first-order chi connectivity index (χ1) is 13.7. The lowest BCUT2D eigenvalue weighted by Crippen LogP contribution is -2.51. The van der Waals surface area contributed by atoms with Gasteiger partial charge in [0, 0.05) is 0 Å². The lowest BCUT2D eigenvalue weighted by Gasteiger charge is -2.58. The third-order valence-electron chi connectivity index (χ3n) is 10.2. The van der Waals surface area contributed by atoms with Gasteiger partial charge in [0.05, 0.1) is 12.2 Å². The molecule has 2 N–H and O–H groups in total. The van der Waals surface area contributed by atoms with Gasteiger partial charge >= 0.3 is 0 Å². The zero-order valence-corrected chi connectivity index (χ0v) is 19.7. The normalized spacial score (nSPS) is 47.9. The number of hydrogen-bond acceptors (Lipinski definition) is 2. The number of rotatable bonds is 5. The van der Waals surface area contributed by atoms with Gasteiger partial charge in [-0.2, -0.15) is 0 Å². The Bertz CT molecular complexity index is 624. The van der Waals surface area contributed by atoms with Crippen LogP contribution in [0.4, 0.5) is 0 Å². The molecule has 2 heteroatoms. The van der Waals surface area contributed by atoms with Crippen molar-refractivity contribution in [1.82, 2.24) is 0 Å². The average molecular weight is 403 g/mol. The molecule has 9 atom stereocenters. The van der Waals surface area contributed by atoms with E-state index >= 15 is 0 Å². The standard InChI is InChI=1S/C27H46O2/c1-17(2)7-6-8-18(3)25-24(29)16-23-21-10-9-19-15-20(28)11-13-26(19,4)22(21)12-14-27(23,25)5/h9,17-18,20-25,28-29H,6-8,10-16H2,1-5H3/t18-,20+,21-,22+,23?,24+,25+,26+,27+/m1/s1. The van der Waals surface area contributed by atoms with Gasteiger partial charge in [0.15, 0.2) is 0 Å². The van der Waals surface area contributed by atoms with Gasteiger partial charge in [-0.15, -0.1) is 0 Å². The van der Waals surface area contributed by atoms with Crippen molar-refractivity contribution in [2.24, 2.45) is 46.3 Å². The zero-order chi connectivity index (χ0) is 21.0. The molecule has 3 fully saturated rings. The van der Waals surface area contributed by atoms with E-state index in [-0.39, 0.29) is 12.2 Å². The van der Waals surface area contributed by atoms with Crippen LogP contribution in [0.15, 0.2) is 11.6 Å². The molecule has 0 saturated heterocycles. The molecule has 0 spiro atoms. The van der Waals surface area contributed by atoms with Crippen LogP contribution in [0.3, 0.4) is 0 Å². The van der Waals surface area contributed by atoms with Crippen molar-refractivity contribution in [3.05, 3.63) is 11.6 Å². The highest BCUT2D eigenvalue weighted by atomic mass is 16.3. The van der Waals surface area contributed by atoms with Crippen LogP contribution in [0.1, 0.15) is 98.8 Å². The number of aliphatic hydroxyl groups excluding tert-OH is 2. The highest BCUT2D eigenvalue weighted by Gasteiger charge is 2.61. The predicted octanol–water partition coefficient (Wildman–Crippen LogP) is 6.36. The van der Waals surface area contributed by atoms with Gasteiger partial charge in [0.1, 0.15) is 0 Å². The third-order valence-corrected chi connectivity index (χ3v) is 10.2. The molecule has 2 nitrogen and oxygen atoms in total. The van der Waals surface area contributed by atoms with Gasteiger partial charge < -0.3 is 10.2 Å². The van der Waals surface area contributed by atoms with Crippen molar-refractivity contribution in [1.29, 1.82) is 0 Å². The van der Waals surface area contributed by atoms with Crippen molar-refractivity contribution >= 4 is 0 Å². The van der Waals surface area contributed by atoms with E-state index in [1.165, 1.54) is 38.5 Å². The van der Waals surface area contributed by atoms with E-state index < -0.39 is 0 Å². The first kappa shape index (κ1) is 21.9. The molecule has 1 unspecified atom stereocenters. The van der Waals surface area contributed by atoms with Crippen molar-refractivity contribution in [2.45, 2.75) is 111 Å². The molecule has 0 amide bonds. The van der Waals surface area contributed by atoms with Crippen LogP contribution in [0.25, 0.3) is 0 Å². The molecule has 29 heavy (non-hydrogen) atoms. The molecule has 4 aliphatic rings. The Morgan fingerprint density at radius 2 is 1.79 bits per heavy atom. The summed E-state index contributed by atoms with van der Waals surface area (Å²) in [7, 11) is 0. The minimum Gasteiger partial charge on any atom is -0.393 e. The maximum Gasteiger partial charge on any atom is 0.0579 e. The monoisotopic (exact) mass is 402 g/mol. The Kier molecular flexibility index (Phi) is 6.01. The number of fused-ring (bicyclic) bond motifs is 5. The summed E-state index contributed by atoms with van der Waals surface area (Å²) in [5.74, 6) is 4.07. The van der Waals surface area contributed by atoms with Crippen LogP contribution in [0.2, 0.25) is 0 Å². The summed E-state index contributed by atoms with van der Waals surface area (Å²) in [4.78, 5) is 0. The second-order valence-electron chi connectivity index (χ2n) is 12.3. The Hall–Kier alpha value is -0.340. The van der Waals surface area contributed by atoms with Crippen LogP contribution in [-0.4, -0.2) is 22.4 Å². The summed E-state index contributed by atoms with van der Waals surface area (Å²) in [6, 6.07) is 0. The maximum absolute atomic E-state index is 11.2. The van der Waals surface area contributed by atoms with E-state index in [0.717, 1.165) is 43.4 Å². The lowest BCUT2D eigenvalue weighted by atomic mass is 9.47. The first-order valence-corrected chi connectivity index (χ1v) is 12.7. The van der Waals surface area contributed by atoms with Crippen LogP contribution < -0.4 is 0 Å². The molecule has 4 aliphatic carbocycles. The van der Waals surface area contributed by atoms with Crippen LogP contribution in [-0.2, 0) is 0 Å². The van der Waals surface area contributed by atoms with Crippen molar-refractivity contribution in [3.8, 4) is 0 Å². The van der Waals surface area contributed by atoms with E-state index in [2.05, 4.69) is 40.7 Å². The van der Waals surface area contributed by atoms with Gasteiger partial charge in [-0.1, -0.05) is 65.5 Å². The highest BCUT2D eigenvalue weighted by molar-refractivity contribution is 5.25. The van der Waals surface area contributed by atoms with Crippen LogP contribution >= 0.6 is 0 Å². The van der Waals surface area contributed by atoms with Crippen molar-refractivity contribution in [2.75, 3.05) is 0 Å². The zero-order valence-electron chi connectivity index (χ0n) is 19.7. The van der Waals surface area contributed by atoms with Gasteiger partial charge in [-0.05, 0) is 91.3 Å². The largest absolute Gasteiger partial charge is 0.393 e. The van der Waals surface area contributed by atoms with E-state index in [0.29, 0.717) is 28.6 Å². The second-order valence-corrected chi connectivity index (χ2v) is 12.3. The van der Waals surface area contributed by atoms with E-state index in [1.807, 2.05) is 0 Å². The third kappa shape index (κ3) is 3.65. The quantitative estimate of drug-likeness (QED) is 0.525. The fourth-order valence-electron chi connectivity index (χ4n) is 8.75. The molecular formula is C27H46O2. The SMILES string of the molecule is CC(C)CCC[C@@H](C)[C@H]1[C@@H](O)CC2[C@@H]3CC=C4C[C@@H](O)CC[C@]4(C)[C@H]3CC[C@@]21C. The summed E-state index contributed by atoms with van der Waals surface area (Å²) < 4.78 is 0. The maximum atomic E-state index is 11.2. The molecule has 0 aliphatic heterocycles. The molecule has 0 radical (unpaired) electrons. The number of aliphatic hydroxyl groups is 2. The summed E-state index contributed by atoms with van der Waals surface area (Å²) in [5, 5.41) is 21.4. The Morgan fingerprint density at radius 3 is 2.52 bits per heavy atom. The van der Waals surface area contributed by atoms with Crippen molar-refractivity contribution < 1.29 is 10.2 Å². The van der Waals surface area contributed by atoms with Gasteiger partial charge in [-0.25, -0.2) is 0 Å². The van der Waals surface area contributed by atoms with Gasteiger partial charge in [0.25, 0.3) is 0 Å². The van der Waals surface area contributed by atoms with Gasteiger partial charge in [-0.3, -0.25) is 0 Å². The minimum atomic E-state index is -0.121. The molecule has 3 saturated carbocycles. The molecule has 166 valence electrons. The van der Waals surface area contributed by atoms with Crippen molar-refractivity contribution in [3.63, 3.8) is 0 Å². The van der Waals surface area contributed by atoms with Crippen LogP contribution in [0, 0.1) is 46.3 Å². The minimum absolute atomic E-state index is 0.107. The molecule has 0 heterocycles. The molecule has 0 bridgehead atoms. The summed E-state index contributed by atoms with van der Waals surface area (Å²) >= 11 is 0.